The summed E-state index contributed by atoms with van der Waals surface area (Å²) in [5.74, 6) is -1.56. The number of halogens is 1. The van der Waals surface area contributed by atoms with Gasteiger partial charge in [-0.2, -0.15) is 0 Å². The number of carbonyl (C=O) groups excluding carboxylic acids is 2. The van der Waals surface area contributed by atoms with E-state index in [1.54, 1.807) is 6.92 Å². The van der Waals surface area contributed by atoms with Crippen LogP contribution in [0.4, 0.5) is 4.39 Å². The number of ether oxygens (including phenoxy) is 2. The Bertz CT molecular complexity index is 840. The maximum Gasteiger partial charge on any atom is 0.396 e. The number of nitrogens with zero attached hydrogens (tertiary/aromatic N) is 2. The standard InChI is InChI=1S/C19H19FN2O4/c1-12(17-15(20)4-3-8-21-17)22(18(23)19(24)25-2)11-13-5-6-16-14(10-13)7-9-26-16/h3-6,8,10,12H,7,9,11H2,1-2H3. The van der Waals surface area contributed by atoms with Gasteiger partial charge in [-0.25, -0.2) is 9.18 Å². The van der Waals surface area contributed by atoms with E-state index >= 15 is 0 Å². The minimum atomic E-state index is -1.00. The number of rotatable bonds is 4. The largest absolute Gasteiger partial charge is 0.493 e. The Morgan fingerprint density at radius 1 is 1.38 bits per heavy atom. The summed E-state index contributed by atoms with van der Waals surface area (Å²) in [6, 6.07) is 7.59. The molecule has 1 aliphatic heterocycles. The van der Waals surface area contributed by atoms with Gasteiger partial charge < -0.3 is 14.4 Å². The molecule has 0 fully saturated rings. The van der Waals surface area contributed by atoms with Crippen LogP contribution < -0.4 is 4.74 Å². The molecule has 2 heterocycles. The smallest absolute Gasteiger partial charge is 0.396 e. The molecule has 0 aliphatic carbocycles. The molecule has 0 radical (unpaired) electrons. The van der Waals surface area contributed by atoms with E-state index in [1.807, 2.05) is 18.2 Å². The molecule has 1 aliphatic rings. The summed E-state index contributed by atoms with van der Waals surface area (Å²) in [6.07, 6.45) is 2.24. The molecule has 1 aromatic carbocycles. The van der Waals surface area contributed by atoms with E-state index in [2.05, 4.69) is 9.72 Å². The van der Waals surface area contributed by atoms with E-state index < -0.39 is 23.7 Å². The highest BCUT2D eigenvalue weighted by Gasteiger charge is 2.30. The molecule has 26 heavy (non-hydrogen) atoms. The van der Waals surface area contributed by atoms with Crippen molar-refractivity contribution in [2.24, 2.45) is 0 Å². The Labute approximate surface area is 150 Å². The highest BCUT2D eigenvalue weighted by Crippen LogP contribution is 2.28. The summed E-state index contributed by atoms with van der Waals surface area (Å²) in [5.41, 5.74) is 1.95. The van der Waals surface area contributed by atoms with E-state index in [0.717, 1.165) is 30.4 Å². The van der Waals surface area contributed by atoms with Crippen LogP contribution in [0.5, 0.6) is 5.75 Å². The maximum absolute atomic E-state index is 14.1. The van der Waals surface area contributed by atoms with Crippen LogP contribution >= 0.6 is 0 Å². The third kappa shape index (κ3) is 3.51. The molecular weight excluding hydrogens is 339 g/mol. The molecule has 136 valence electrons. The summed E-state index contributed by atoms with van der Waals surface area (Å²) < 4.78 is 24.2. The lowest BCUT2D eigenvalue weighted by Crippen LogP contribution is -2.39. The Morgan fingerprint density at radius 2 is 2.19 bits per heavy atom. The highest BCUT2D eigenvalue weighted by atomic mass is 19.1. The molecule has 1 unspecified atom stereocenters. The molecule has 7 heteroatoms. The van der Waals surface area contributed by atoms with Crippen LogP contribution in [0.15, 0.2) is 36.5 Å². The van der Waals surface area contributed by atoms with E-state index in [1.165, 1.54) is 23.2 Å². The van der Waals surface area contributed by atoms with Crippen molar-refractivity contribution in [2.75, 3.05) is 13.7 Å². The molecule has 0 spiro atoms. The lowest BCUT2D eigenvalue weighted by atomic mass is 10.1. The number of hydrogen-bond donors (Lipinski definition) is 0. The normalized spacial score (nSPS) is 13.5. The number of amides is 1. The fraction of sp³-hybridized carbons (Fsp3) is 0.316. The number of pyridine rings is 1. The van der Waals surface area contributed by atoms with Crippen LogP contribution in [0, 0.1) is 5.82 Å². The molecule has 0 N–H and O–H groups in total. The number of fused-ring (bicyclic) bond motifs is 1. The summed E-state index contributed by atoms with van der Waals surface area (Å²) in [7, 11) is 1.14. The fourth-order valence-corrected chi connectivity index (χ4v) is 2.98. The van der Waals surface area contributed by atoms with E-state index in [9.17, 15) is 14.0 Å². The second-order valence-corrected chi connectivity index (χ2v) is 6.01. The zero-order valence-corrected chi connectivity index (χ0v) is 14.6. The Hall–Kier alpha value is -2.96. The van der Waals surface area contributed by atoms with Gasteiger partial charge in [0.25, 0.3) is 0 Å². The van der Waals surface area contributed by atoms with Crippen LogP contribution in [0.1, 0.15) is 29.8 Å². The molecule has 1 aromatic heterocycles. The molecule has 2 aromatic rings. The number of aromatic nitrogens is 1. The Balaban J connectivity index is 1.92. The van der Waals surface area contributed by atoms with E-state index in [4.69, 9.17) is 4.74 Å². The van der Waals surface area contributed by atoms with Crippen LogP contribution in [-0.4, -0.2) is 35.5 Å². The first-order valence-electron chi connectivity index (χ1n) is 8.25. The van der Waals surface area contributed by atoms with Crippen LogP contribution in [0.2, 0.25) is 0 Å². The van der Waals surface area contributed by atoms with Crippen molar-refractivity contribution in [1.82, 2.24) is 9.88 Å². The summed E-state index contributed by atoms with van der Waals surface area (Å²) >= 11 is 0. The van der Waals surface area contributed by atoms with E-state index in [0.29, 0.717) is 6.61 Å². The first kappa shape index (κ1) is 17.8. The predicted molar refractivity (Wildman–Crippen MR) is 90.8 cm³/mol. The van der Waals surface area contributed by atoms with Gasteiger partial charge in [-0.15, -0.1) is 0 Å². The van der Waals surface area contributed by atoms with Gasteiger partial charge in [0.15, 0.2) is 0 Å². The Morgan fingerprint density at radius 3 is 2.92 bits per heavy atom. The number of hydrogen-bond acceptors (Lipinski definition) is 5. The first-order chi connectivity index (χ1) is 12.5. The van der Waals surface area contributed by atoms with Gasteiger partial charge >= 0.3 is 11.9 Å². The third-order valence-corrected chi connectivity index (χ3v) is 4.38. The lowest BCUT2D eigenvalue weighted by Gasteiger charge is -2.28. The maximum atomic E-state index is 14.1. The van der Waals surface area contributed by atoms with Crippen molar-refractivity contribution >= 4 is 11.9 Å². The topological polar surface area (TPSA) is 68.7 Å². The molecule has 0 saturated heterocycles. The second kappa shape index (κ2) is 7.51. The van der Waals surface area contributed by atoms with Crippen molar-refractivity contribution < 1.29 is 23.5 Å². The predicted octanol–water partition coefficient (Wildman–Crippen LogP) is 2.42. The quantitative estimate of drug-likeness (QED) is 0.620. The monoisotopic (exact) mass is 358 g/mol. The van der Waals surface area contributed by atoms with Gasteiger partial charge in [0.1, 0.15) is 11.6 Å². The molecule has 3 rings (SSSR count). The van der Waals surface area contributed by atoms with Gasteiger partial charge in [0.2, 0.25) is 0 Å². The zero-order valence-electron chi connectivity index (χ0n) is 14.6. The van der Waals surface area contributed by atoms with Crippen molar-refractivity contribution in [1.29, 1.82) is 0 Å². The van der Waals surface area contributed by atoms with Crippen molar-refractivity contribution in [2.45, 2.75) is 25.9 Å². The molecule has 0 bridgehead atoms. The summed E-state index contributed by atoms with van der Waals surface area (Å²) in [5, 5.41) is 0. The molecule has 1 amide bonds. The second-order valence-electron chi connectivity index (χ2n) is 6.01. The number of benzene rings is 1. The van der Waals surface area contributed by atoms with Crippen molar-refractivity contribution in [3.63, 3.8) is 0 Å². The Kier molecular flexibility index (Phi) is 5.16. The number of methoxy groups -OCH3 is 1. The number of esters is 1. The van der Waals surface area contributed by atoms with Crippen LogP contribution in [-0.2, 0) is 27.3 Å². The molecule has 6 nitrogen and oxygen atoms in total. The fourth-order valence-electron chi connectivity index (χ4n) is 2.98. The average molecular weight is 358 g/mol. The summed E-state index contributed by atoms with van der Waals surface area (Å²) in [6.45, 7) is 2.38. The lowest BCUT2D eigenvalue weighted by molar-refractivity contribution is -0.159. The third-order valence-electron chi connectivity index (χ3n) is 4.38. The summed E-state index contributed by atoms with van der Waals surface area (Å²) in [4.78, 5) is 29.6. The number of carbonyl (C=O) groups is 2. The zero-order chi connectivity index (χ0) is 18.7. The van der Waals surface area contributed by atoms with Crippen LogP contribution in [0.25, 0.3) is 0 Å². The molecule has 1 atom stereocenters. The first-order valence-corrected chi connectivity index (χ1v) is 8.25. The van der Waals surface area contributed by atoms with E-state index in [-0.39, 0.29) is 12.2 Å². The van der Waals surface area contributed by atoms with Gasteiger partial charge in [-0.05, 0) is 36.2 Å². The average Bonchev–Trinajstić information content (AvgIpc) is 3.12. The molecule has 0 saturated carbocycles. The van der Waals surface area contributed by atoms with Crippen molar-refractivity contribution in [3.8, 4) is 5.75 Å². The SMILES string of the molecule is COC(=O)C(=O)N(Cc1ccc2c(c1)CCO2)C(C)c1ncccc1F. The minimum absolute atomic E-state index is 0.0919. The van der Waals surface area contributed by atoms with Crippen molar-refractivity contribution in [3.05, 3.63) is 59.2 Å². The van der Waals surface area contributed by atoms with Gasteiger partial charge in [-0.3, -0.25) is 9.78 Å². The minimum Gasteiger partial charge on any atom is -0.493 e. The van der Waals surface area contributed by atoms with Gasteiger partial charge in [0, 0.05) is 19.2 Å². The highest BCUT2D eigenvalue weighted by molar-refractivity contribution is 6.32. The van der Waals surface area contributed by atoms with Gasteiger partial charge in [0.05, 0.1) is 25.5 Å². The van der Waals surface area contributed by atoms with Crippen LogP contribution in [0.3, 0.4) is 0 Å². The molecular formula is C19H19FN2O4. The van der Waals surface area contributed by atoms with Gasteiger partial charge in [-0.1, -0.05) is 12.1 Å².